The predicted octanol–water partition coefficient (Wildman–Crippen LogP) is 1.67. The van der Waals surface area contributed by atoms with E-state index in [0.29, 0.717) is 6.04 Å². The minimum atomic E-state index is 0.481. The van der Waals surface area contributed by atoms with E-state index in [-0.39, 0.29) is 0 Å². The Bertz CT molecular complexity index is 374. The number of ether oxygens (including phenoxy) is 1. The maximum Gasteiger partial charge on any atom is 0.0951 e. The van der Waals surface area contributed by atoms with Crippen LogP contribution in [0, 0.1) is 0 Å². The average molecular weight is 280 g/mol. The van der Waals surface area contributed by atoms with Crippen LogP contribution in [-0.2, 0) is 11.3 Å². The summed E-state index contributed by atoms with van der Waals surface area (Å²) in [7, 11) is 1.73. The smallest absolute Gasteiger partial charge is 0.0951 e. The molecule has 1 fully saturated rings. The van der Waals surface area contributed by atoms with Crippen LogP contribution >= 0.6 is 0 Å². The zero-order valence-electron chi connectivity index (χ0n) is 12.8. The minimum Gasteiger partial charge on any atom is -0.383 e. The lowest BCUT2D eigenvalue weighted by atomic mass is 10.1. The molecule has 1 saturated heterocycles. The Morgan fingerprint density at radius 2 is 2.15 bits per heavy atom. The Labute approximate surface area is 122 Å². The lowest BCUT2D eigenvalue weighted by Gasteiger charge is -2.30. The third kappa shape index (κ3) is 4.58. The number of hydrogen-bond acceptors (Lipinski definition) is 4. The van der Waals surface area contributed by atoms with Gasteiger partial charge in [-0.25, -0.2) is 4.98 Å². The number of likely N-dealkylation sites (tertiary alicyclic amines) is 1. The van der Waals surface area contributed by atoms with Gasteiger partial charge in [0.15, 0.2) is 0 Å². The van der Waals surface area contributed by atoms with Crippen molar-refractivity contribution in [3.63, 3.8) is 0 Å². The first-order valence-corrected chi connectivity index (χ1v) is 7.74. The van der Waals surface area contributed by atoms with Crippen molar-refractivity contribution < 1.29 is 4.74 Å². The third-order valence-electron chi connectivity index (χ3n) is 3.98. The second kappa shape index (κ2) is 8.39. The second-order valence-corrected chi connectivity index (χ2v) is 5.67. The van der Waals surface area contributed by atoms with Gasteiger partial charge in [0.2, 0.25) is 0 Å². The quantitative estimate of drug-likeness (QED) is 0.736. The predicted molar refractivity (Wildman–Crippen MR) is 80.8 cm³/mol. The summed E-state index contributed by atoms with van der Waals surface area (Å²) < 4.78 is 7.35. The molecule has 0 aliphatic carbocycles. The molecule has 0 spiro atoms. The van der Waals surface area contributed by atoms with E-state index in [9.17, 15) is 0 Å². The third-order valence-corrected chi connectivity index (χ3v) is 3.98. The van der Waals surface area contributed by atoms with Crippen molar-refractivity contribution in [2.24, 2.45) is 0 Å². The second-order valence-electron chi connectivity index (χ2n) is 5.67. The van der Waals surface area contributed by atoms with Crippen molar-refractivity contribution in [3.05, 3.63) is 18.2 Å². The molecule has 1 unspecified atom stereocenters. The van der Waals surface area contributed by atoms with Gasteiger partial charge in [-0.1, -0.05) is 6.42 Å². The molecular formula is C15H28N4O. The van der Waals surface area contributed by atoms with Gasteiger partial charge >= 0.3 is 0 Å². The highest BCUT2D eigenvalue weighted by Crippen LogP contribution is 2.15. The number of methoxy groups -OCH3 is 1. The fourth-order valence-electron chi connectivity index (χ4n) is 2.86. The molecule has 2 heterocycles. The molecule has 0 bridgehead atoms. The zero-order valence-corrected chi connectivity index (χ0v) is 12.8. The SMILES string of the molecule is COCCNCc1cncn1C(C)CN1CCCCC1. The number of aromatic nitrogens is 2. The standard InChI is InChI=1S/C15H28N4O/c1-14(12-18-7-4-3-5-8-18)19-13-17-11-15(19)10-16-6-9-20-2/h11,13-14,16H,3-10,12H2,1-2H3. The van der Waals surface area contributed by atoms with Crippen molar-refractivity contribution in [2.45, 2.75) is 38.8 Å². The topological polar surface area (TPSA) is 42.3 Å². The van der Waals surface area contributed by atoms with Gasteiger partial charge in [0, 0.05) is 39.0 Å². The van der Waals surface area contributed by atoms with Gasteiger partial charge in [0.25, 0.3) is 0 Å². The maximum absolute atomic E-state index is 5.05. The van der Waals surface area contributed by atoms with Crippen LogP contribution in [0.25, 0.3) is 0 Å². The van der Waals surface area contributed by atoms with Crippen LogP contribution in [0.2, 0.25) is 0 Å². The molecule has 0 radical (unpaired) electrons. The molecule has 20 heavy (non-hydrogen) atoms. The summed E-state index contributed by atoms with van der Waals surface area (Å²) in [6.45, 7) is 8.39. The van der Waals surface area contributed by atoms with E-state index >= 15 is 0 Å². The number of piperidine rings is 1. The van der Waals surface area contributed by atoms with Crippen LogP contribution in [0.3, 0.4) is 0 Å². The van der Waals surface area contributed by atoms with Crippen molar-refractivity contribution in [1.82, 2.24) is 19.8 Å². The molecular weight excluding hydrogens is 252 g/mol. The number of imidazole rings is 1. The highest BCUT2D eigenvalue weighted by atomic mass is 16.5. The fraction of sp³-hybridized carbons (Fsp3) is 0.800. The van der Waals surface area contributed by atoms with Crippen LogP contribution in [0.5, 0.6) is 0 Å². The van der Waals surface area contributed by atoms with Gasteiger partial charge in [-0.3, -0.25) is 0 Å². The van der Waals surface area contributed by atoms with Crippen molar-refractivity contribution in [1.29, 1.82) is 0 Å². The maximum atomic E-state index is 5.05. The van der Waals surface area contributed by atoms with E-state index in [1.807, 2.05) is 12.5 Å². The van der Waals surface area contributed by atoms with Gasteiger partial charge in [-0.2, -0.15) is 0 Å². The van der Waals surface area contributed by atoms with Crippen molar-refractivity contribution in [2.75, 3.05) is 39.9 Å². The molecule has 1 aliphatic heterocycles. The van der Waals surface area contributed by atoms with Gasteiger partial charge in [0.1, 0.15) is 0 Å². The summed E-state index contributed by atoms with van der Waals surface area (Å²) in [5.74, 6) is 0. The Kier molecular flexibility index (Phi) is 6.50. The van der Waals surface area contributed by atoms with Crippen molar-refractivity contribution in [3.8, 4) is 0 Å². The first-order valence-electron chi connectivity index (χ1n) is 7.74. The molecule has 0 saturated carbocycles. The summed E-state index contributed by atoms with van der Waals surface area (Å²) in [6, 6.07) is 0.481. The zero-order chi connectivity index (χ0) is 14.2. The molecule has 1 aromatic rings. The van der Waals surface area contributed by atoms with E-state index in [1.165, 1.54) is 38.0 Å². The normalized spacial score (nSPS) is 18.3. The molecule has 5 heteroatoms. The molecule has 1 aliphatic rings. The van der Waals surface area contributed by atoms with Crippen LogP contribution in [0.1, 0.15) is 37.9 Å². The Morgan fingerprint density at radius 1 is 1.35 bits per heavy atom. The van der Waals surface area contributed by atoms with Gasteiger partial charge < -0.3 is 19.5 Å². The average Bonchev–Trinajstić information content (AvgIpc) is 2.93. The van der Waals surface area contributed by atoms with E-state index in [1.54, 1.807) is 7.11 Å². The van der Waals surface area contributed by atoms with E-state index < -0.39 is 0 Å². The molecule has 1 atom stereocenters. The molecule has 1 N–H and O–H groups in total. The Morgan fingerprint density at radius 3 is 2.90 bits per heavy atom. The first-order chi connectivity index (χ1) is 9.81. The summed E-state index contributed by atoms with van der Waals surface area (Å²) in [6.07, 6.45) is 8.02. The van der Waals surface area contributed by atoms with E-state index in [4.69, 9.17) is 4.74 Å². The van der Waals surface area contributed by atoms with Crippen LogP contribution in [0.15, 0.2) is 12.5 Å². The monoisotopic (exact) mass is 280 g/mol. The number of nitrogens with zero attached hydrogens (tertiary/aromatic N) is 3. The summed E-state index contributed by atoms with van der Waals surface area (Å²) >= 11 is 0. The molecule has 1 aromatic heterocycles. The van der Waals surface area contributed by atoms with E-state index in [2.05, 4.69) is 26.7 Å². The number of hydrogen-bond donors (Lipinski definition) is 1. The van der Waals surface area contributed by atoms with Crippen LogP contribution in [0.4, 0.5) is 0 Å². The summed E-state index contributed by atoms with van der Waals surface area (Å²) in [5.41, 5.74) is 1.26. The largest absolute Gasteiger partial charge is 0.383 e. The molecule has 5 nitrogen and oxygen atoms in total. The van der Waals surface area contributed by atoms with Crippen LogP contribution in [-0.4, -0.2) is 54.3 Å². The van der Waals surface area contributed by atoms with Gasteiger partial charge in [-0.05, 0) is 32.9 Å². The molecule has 2 rings (SSSR count). The molecule has 114 valence electrons. The fourth-order valence-corrected chi connectivity index (χ4v) is 2.86. The lowest BCUT2D eigenvalue weighted by Crippen LogP contribution is -2.34. The Hall–Kier alpha value is -0.910. The van der Waals surface area contributed by atoms with Crippen LogP contribution < -0.4 is 5.32 Å². The molecule has 0 amide bonds. The van der Waals surface area contributed by atoms with Gasteiger partial charge in [0.05, 0.1) is 18.6 Å². The Balaban J connectivity index is 1.82. The van der Waals surface area contributed by atoms with Gasteiger partial charge in [-0.15, -0.1) is 0 Å². The number of nitrogens with one attached hydrogen (secondary N) is 1. The number of rotatable bonds is 8. The first kappa shape index (κ1) is 15.5. The minimum absolute atomic E-state index is 0.481. The van der Waals surface area contributed by atoms with Crippen molar-refractivity contribution >= 4 is 0 Å². The summed E-state index contributed by atoms with van der Waals surface area (Å²) in [4.78, 5) is 6.89. The highest BCUT2D eigenvalue weighted by Gasteiger charge is 2.16. The lowest BCUT2D eigenvalue weighted by molar-refractivity contribution is 0.196. The molecule has 0 aromatic carbocycles. The summed E-state index contributed by atoms with van der Waals surface area (Å²) in [5, 5.41) is 3.39. The highest BCUT2D eigenvalue weighted by molar-refractivity contribution is 5.00. The van der Waals surface area contributed by atoms with E-state index in [0.717, 1.165) is 26.2 Å².